The van der Waals surface area contributed by atoms with Crippen molar-refractivity contribution in [3.05, 3.63) is 39.9 Å². The van der Waals surface area contributed by atoms with Gasteiger partial charge in [0.2, 0.25) is 5.91 Å². The normalized spacial score (nSPS) is 12.9. The first-order valence-electron chi connectivity index (χ1n) is 6.19. The Balaban J connectivity index is 0.00000361. The first kappa shape index (κ1) is 18.3. The van der Waals surface area contributed by atoms with Gasteiger partial charge in [-0.1, -0.05) is 25.1 Å². The molecular formula is C13H20ClN3O3. The molecule has 0 fully saturated rings. The number of carbonyl (C=O) groups is 1. The standard InChI is InChI=1S/C13H19N3O3.ClH/c1-9(10(2)14)13(17)15-8-7-11-5-3-4-6-12(11)16(18)19;/h3-6,9-10H,7-8,14H2,1-2H3,(H,15,17);1H. The molecule has 1 amide bonds. The summed E-state index contributed by atoms with van der Waals surface area (Å²) in [5, 5.41) is 13.6. The minimum absolute atomic E-state index is 0. The number of hydrogen-bond acceptors (Lipinski definition) is 4. The molecule has 0 aromatic heterocycles. The number of amides is 1. The van der Waals surface area contributed by atoms with Gasteiger partial charge in [-0.05, 0) is 13.3 Å². The summed E-state index contributed by atoms with van der Waals surface area (Å²) in [6, 6.07) is 6.31. The summed E-state index contributed by atoms with van der Waals surface area (Å²) in [6.07, 6.45) is 0.425. The van der Waals surface area contributed by atoms with Crippen molar-refractivity contribution >= 4 is 24.0 Å². The lowest BCUT2D eigenvalue weighted by Crippen LogP contribution is -2.39. The van der Waals surface area contributed by atoms with E-state index in [4.69, 9.17) is 5.73 Å². The molecule has 7 heteroatoms. The Morgan fingerprint density at radius 3 is 2.55 bits per heavy atom. The van der Waals surface area contributed by atoms with Gasteiger partial charge in [0.25, 0.3) is 5.69 Å². The van der Waals surface area contributed by atoms with Crippen LogP contribution in [0.25, 0.3) is 0 Å². The van der Waals surface area contributed by atoms with Gasteiger partial charge in [-0.3, -0.25) is 14.9 Å². The molecule has 0 saturated heterocycles. The van der Waals surface area contributed by atoms with Crippen molar-refractivity contribution in [2.24, 2.45) is 11.7 Å². The number of nitrogens with two attached hydrogens (primary N) is 1. The minimum Gasteiger partial charge on any atom is -0.355 e. The van der Waals surface area contributed by atoms with E-state index < -0.39 is 4.92 Å². The number of nitro benzene ring substituents is 1. The maximum Gasteiger partial charge on any atom is 0.272 e. The number of halogens is 1. The summed E-state index contributed by atoms with van der Waals surface area (Å²) in [5.74, 6) is -0.403. The lowest BCUT2D eigenvalue weighted by Gasteiger charge is -2.15. The van der Waals surface area contributed by atoms with Crippen LogP contribution in [0.2, 0.25) is 0 Å². The molecule has 2 unspecified atom stereocenters. The highest BCUT2D eigenvalue weighted by atomic mass is 35.5. The van der Waals surface area contributed by atoms with Gasteiger partial charge < -0.3 is 11.1 Å². The third kappa shape index (κ3) is 5.14. The highest BCUT2D eigenvalue weighted by Gasteiger charge is 2.17. The number of rotatable bonds is 6. The van der Waals surface area contributed by atoms with Crippen molar-refractivity contribution in [3.8, 4) is 0 Å². The monoisotopic (exact) mass is 301 g/mol. The highest BCUT2D eigenvalue weighted by Crippen LogP contribution is 2.17. The zero-order chi connectivity index (χ0) is 14.4. The maximum atomic E-state index is 11.7. The van der Waals surface area contributed by atoms with E-state index in [0.29, 0.717) is 18.5 Å². The molecule has 3 N–H and O–H groups in total. The van der Waals surface area contributed by atoms with Gasteiger partial charge in [0.1, 0.15) is 0 Å². The second-order valence-corrected chi connectivity index (χ2v) is 4.57. The fourth-order valence-corrected chi connectivity index (χ4v) is 1.62. The van der Waals surface area contributed by atoms with E-state index in [1.54, 1.807) is 32.0 Å². The summed E-state index contributed by atoms with van der Waals surface area (Å²) in [5.41, 5.74) is 6.33. The van der Waals surface area contributed by atoms with Crippen LogP contribution in [-0.2, 0) is 11.2 Å². The molecule has 1 aromatic carbocycles. The second-order valence-electron chi connectivity index (χ2n) is 4.57. The predicted molar refractivity (Wildman–Crippen MR) is 79.9 cm³/mol. The molecule has 0 spiro atoms. The Labute approximate surface area is 124 Å². The van der Waals surface area contributed by atoms with E-state index >= 15 is 0 Å². The summed E-state index contributed by atoms with van der Waals surface area (Å²) in [4.78, 5) is 22.1. The largest absolute Gasteiger partial charge is 0.355 e. The van der Waals surface area contributed by atoms with Crippen LogP contribution in [0.3, 0.4) is 0 Å². The van der Waals surface area contributed by atoms with E-state index in [0.717, 1.165) is 0 Å². The van der Waals surface area contributed by atoms with Gasteiger partial charge in [-0.2, -0.15) is 0 Å². The summed E-state index contributed by atoms with van der Waals surface area (Å²) < 4.78 is 0. The smallest absolute Gasteiger partial charge is 0.272 e. The van der Waals surface area contributed by atoms with Gasteiger partial charge in [-0.15, -0.1) is 12.4 Å². The quantitative estimate of drug-likeness (QED) is 0.616. The van der Waals surface area contributed by atoms with Crippen LogP contribution in [-0.4, -0.2) is 23.4 Å². The molecule has 0 bridgehead atoms. The third-order valence-electron chi connectivity index (χ3n) is 3.08. The van der Waals surface area contributed by atoms with E-state index in [1.807, 2.05) is 0 Å². The minimum atomic E-state index is -0.415. The summed E-state index contributed by atoms with van der Waals surface area (Å²) >= 11 is 0. The van der Waals surface area contributed by atoms with Gasteiger partial charge >= 0.3 is 0 Å². The molecule has 0 radical (unpaired) electrons. The molecule has 6 nitrogen and oxygen atoms in total. The summed E-state index contributed by atoms with van der Waals surface area (Å²) in [6.45, 7) is 3.89. The Hall–Kier alpha value is -1.66. The van der Waals surface area contributed by atoms with Crippen LogP contribution in [0.1, 0.15) is 19.4 Å². The lowest BCUT2D eigenvalue weighted by atomic mass is 10.0. The average molecular weight is 302 g/mol. The molecule has 0 aliphatic carbocycles. The molecule has 0 heterocycles. The molecular weight excluding hydrogens is 282 g/mol. The molecule has 1 rings (SSSR count). The van der Waals surface area contributed by atoms with Crippen molar-refractivity contribution in [2.75, 3.05) is 6.54 Å². The zero-order valence-electron chi connectivity index (χ0n) is 11.5. The fourth-order valence-electron chi connectivity index (χ4n) is 1.62. The molecule has 0 aliphatic rings. The third-order valence-corrected chi connectivity index (χ3v) is 3.08. The van der Waals surface area contributed by atoms with Crippen LogP contribution in [0, 0.1) is 16.0 Å². The second kappa shape index (κ2) is 8.50. The van der Waals surface area contributed by atoms with Crippen LogP contribution < -0.4 is 11.1 Å². The SMILES string of the molecule is CC(N)C(C)C(=O)NCCc1ccccc1[N+](=O)[O-].Cl. The van der Waals surface area contributed by atoms with E-state index in [2.05, 4.69) is 5.32 Å². The van der Waals surface area contributed by atoms with E-state index in [1.165, 1.54) is 6.07 Å². The first-order chi connectivity index (χ1) is 8.93. The molecule has 0 saturated carbocycles. The molecule has 20 heavy (non-hydrogen) atoms. The highest BCUT2D eigenvalue weighted by molar-refractivity contribution is 5.85. The number of para-hydroxylation sites is 1. The van der Waals surface area contributed by atoms with E-state index in [-0.39, 0.29) is 36.0 Å². The van der Waals surface area contributed by atoms with Crippen LogP contribution in [0.5, 0.6) is 0 Å². The lowest BCUT2D eigenvalue weighted by molar-refractivity contribution is -0.385. The van der Waals surface area contributed by atoms with Crippen molar-refractivity contribution in [1.29, 1.82) is 0 Å². The first-order valence-corrected chi connectivity index (χ1v) is 6.19. The number of benzene rings is 1. The van der Waals surface area contributed by atoms with Crippen molar-refractivity contribution in [1.82, 2.24) is 5.32 Å². The number of nitrogens with one attached hydrogen (secondary N) is 1. The Morgan fingerprint density at radius 1 is 1.40 bits per heavy atom. The number of carbonyl (C=O) groups excluding carboxylic acids is 1. The molecule has 2 atom stereocenters. The van der Waals surface area contributed by atoms with Gasteiger partial charge in [-0.25, -0.2) is 0 Å². The van der Waals surface area contributed by atoms with Crippen molar-refractivity contribution in [2.45, 2.75) is 26.3 Å². The van der Waals surface area contributed by atoms with Crippen molar-refractivity contribution in [3.63, 3.8) is 0 Å². The topological polar surface area (TPSA) is 98.3 Å². The molecule has 0 aliphatic heterocycles. The van der Waals surface area contributed by atoms with E-state index in [9.17, 15) is 14.9 Å². The van der Waals surface area contributed by atoms with Crippen molar-refractivity contribution < 1.29 is 9.72 Å². The Bertz CT molecular complexity index is 466. The average Bonchev–Trinajstić information content (AvgIpc) is 2.37. The van der Waals surface area contributed by atoms with Crippen LogP contribution in [0.4, 0.5) is 5.69 Å². The summed E-state index contributed by atoms with van der Waals surface area (Å²) in [7, 11) is 0. The van der Waals surface area contributed by atoms with Gasteiger partial charge in [0.05, 0.1) is 4.92 Å². The zero-order valence-corrected chi connectivity index (χ0v) is 12.4. The Kier molecular flexibility index (Phi) is 7.79. The van der Waals surface area contributed by atoms with Gasteiger partial charge in [0.15, 0.2) is 0 Å². The number of hydrogen-bond donors (Lipinski definition) is 2. The number of nitrogens with zero attached hydrogens (tertiary/aromatic N) is 1. The fraction of sp³-hybridized carbons (Fsp3) is 0.462. The number of nitro groups is 1. The maximum absolute atomic E-state index is 11.7. The Morgan fingerprint density at radius 2 is 2.00 bits per heavy atom. The molecule has 1 aromatic rings. The van der Waals surface area contributed by atoms with Crippen LogP contribution >= 0.6 is 12.4 Å². The molecule has 112 valence electrons. The van der Waals surface area contributed by atoms with Gasteiger partial charge in [0, 0.05) is 30.1 Å². The predicted octanol–water partition coefficient (Wildman–Crippen LogP) is 1.66. The van der Waals surface area contributed by atoms with Crippen LogP contribution in [0.15, 0.2) is 24.3 Å².